The molecule has 0 bridgehead atoms. The number of benzene rings is 2. The lowest BCUT2D eigenvalue weighted by molar-refractivity contribution is -0.119. The van der Waals surface area contributed by atoms with Gasteiger partial charge >= 0.3 is 0 Å². The first-order valence-corrected chi connectivity index (χ1v) is 7.37. The number of nitrogens with one attached hydrogen (secondary N) is 1. The molecule has 1 atom stereocenters. The molecule has 1 amide bonds. The number of hydrogen-bond donors (Lipinski definition) is 1. The van der Waals surface area contributed by atoms with E-state index in [0.29, 0.717) is 5.02 Å². The number of rotatable bonds is 2. The molecule has 0 aromatic heterocycles. The molecule has 1 heterocycles. The van der Waals surface area contributed by atoms with Crippen molar-refractivity contribution in [1.82, 2.24) is 5.32 Å². The van der Waals surface area contributed by atoms with Crippen LogP contribution in [-0.2, 0) is 4.79 Å². The number of likely N-dealkylation sites (N-methyl/N-ethyl adjacent to an activating group) is 2. The van der Waals surface area contributed by atoms with Crippen LogP contribution >= 0.6 is 11.6 Å². The third kappa shape index (κ3) is 2.51. The molecular formula is C17H16ClN3O. The molecule has 2 aromatic rings. The zero-order valence-corrected chi connectivity index (χ0v) is 13.1. The van der Waals surface area contributed by atoms with Crippen LogP contribution in [0.4, 0.5) is 5.69 Å². The van der Waals surface area contributed by atoms with Crippen molar-refractivity contribution < 1.29 is 4.79 Å². The molecular weight excluding hydrogens is 298 g/mol. The van der Waals surface area contributed by atoms with Crippen LogP contribution in [0.2, 0.25) is 5.02 Å². The fourth-order valence-corrected chi connectivity index (χ4v) is 2.73. The van der Waals surface area contributed by atoms with Crippen molar-refractivity contribution in [2.24, 2.45) is 4.99 Å². The number of aliphatic imine (C=N–C) groups is 1. The number of hydrogen-bond acceptors (Lipinski definition) is 3. The number of carbonyl (C=O) groups excluding carboxylic acids is 1. The molecule has 22 heavy (non-hydrogen) atoms. The van der Waals surface area contributed by atoms with E-state index in [2.05, 4.69) is 10.3 Å². The summed E-state index contributed by atoms with van der Waals surface area (Å²) >= 11 is 6.16. The summed E-state index contributed by atoms with van der Waals surface area (Å²) in [5, 5.41) is 3.58. The second-order valence-corrected chi connectivity index (χ2v) is 5.53. The lowest BCUT2D eigenvalue weighted by Gasteiger charge is -2.20. The molecule has 5 heteroatoms. The predicted molar refractivity (Wildman–Crippen MR) is 89.8 cm³/mol. The van der Waals surface area contributed by atoms with Gasteiger partial charge in [0, 0.05) is 23.2 Å². The molecule has 3 rings (SSSR count). The molecule has 0 saturated carbocycles. The lowest BCUT2D eigenvalue weighted by atomic mass is 10.0. The third-order valence-corrected chi connectivity index (χ3v) is 3.95. The Labute approximate surface area is 134 Å². The fraction of sp³-hybridized carbons (Fsp3) is 0.176. The zero-order valence-electron chi connectivity index (χ0n) is 12.4. The van der Waals surface area contributed by atoms with E-state index in [1.165, 1.54) is 0 Å². The highest BCUT2D eigenvalue weighted by Crippen LogP contribution is 2.29. The summed E-state index contributed by atoms with van der Waals surface area (Å²) < 4.78 is 0. The maximum absolute atomic E-state index is 12.5. The first kappa shape index (κ1) is 14.8. The highest BCUT2D eigenvalue weighted by molar-refractivity contribution is 6.32. The number of nitrogens with zero attached hydrogens (tertiary/aromatic N) is 2. The molecule has 0 radical (unpaired) electrons. The number of fused-ring (bicyclic) bond motifs is 1. The van der Waals surface area contributed by atoms with Crippen LogP contribution in [0.25, 0.3) is 0 Å². The summed E-state index contributed by atoms with van der Waals surface area (Å²) in [5.41, 5.74) is 3.37. The van der Waals surface area contributed by atoms with Crippen molar-refractivity contribution in [1.29, 1.82) is 0 Å². The summed E-state index contributed by atoms with van der Waals surface area (Å²) in [7, 11) is 3.48. The van der Waals surface area contributed by atoms with E-state index in [9.17, 15) is 4.79 Å². The average molecular weight is 314 g/mol. The maximum Gasteiger partial charge on any atom is 0.266 e. The number of benzodiazepines with no additional fused rings is 1. The first-order chi connectivity index (χ1) is 10.6. The quantitative estimate of drug-likeness (QED) is 0.926. The van der Waals surface area contributed by atoms with Gasteiger partial charge in [-0.05, 0) is 25.2 Å². The Bertz CT molecular complexity index is 743. The average Bonchev–Trinajstić information content (AvgIpc) is 2.64. The Morgan fingerprint density at radius 2 is 1.91 bits per heavy atom. The normalized spacial score (nSPS) is 17.8. The zero-order chi connectivity index (χ0) is 15.7. The molecule has 0 aliphatic carbocycles. The van der Waals surface area contributed by atoms with Crippen LogP contribution in [0.1, 0.15) is 11.1 Å². The van der Waals surface area contributed by atoms with Crippen molar-refractivity contribution >= 4 is 28.9 Å². The standard InChI is InChI=1S/C17H16ClN3O/c1-19-16-17(22)21(2)14-9-8-12(18)10-13(14)15(20-16)11-6-4-3-5-7-11/h3-10,16,19H,1-2H3. The van der Waals surface area contributed by atoms with E-state index < -0.39 is 6.17 Å². The van der Waals surface area contributed by atoms with Gasteiger partial charge in [0.05, 0.1) is 11.4 Å². The summed E-state index contributed by atoms with van der Waals surface area (Å²) in [5.74, 6) is -0.1000. The Balaban J connectivity index is 2.27. The summed E-state index contributed by atoms with van der Waals surface area (Å²) in [6, 6.07) is 15.3. The first-order valence-electron chi connectivity index (χ1n) is 7.00. The van der Waals surface area contributed by atoms with Crippen molar-refractivity contribution in [3.63, 3.8) is 0 Å². The Morgan fingerprint density at radius 3 is 2.59 bits per heavy atom. The van der Waals surface area contributed by atoms with Crippen LogP contribution in [0.15, 0.2) is 53.5 Å². The van der Waals surface area contributed by atoms with E-state index in [1.807, 2.05) is 42.5 Å². The summed E-state index contributed by atoms with van der Waals surface area (Å²) in [4.78, 5) is 18.8. The van der Waals surface area contributed by atoms with Gasteiger partial charge in [0.1, 0.15) is 0 Å². The molecule has 0 saturated heterocycles. The van der Waals surface area contributed by atoms with Crippen molar-refractivity contribution in [2.45, 2.75) is 6.17 Å². The molecule has 1 aliphatic heterocycles. The van der Waals surface area contributed by atoms with Crippen LogP contribution < -0.4 is 10.2 Å². The van der Waals surface area contributed by atoms with Gasteiger partial charge in [-0.15, -0.1) is 0 Å². The van der Waals surface area contributed by atoms with Crippen molar-refractivity contribution in [2.75, 3.05) is 19.0 Å². The van der Waals surface area contributed by atoms with Crippen LogP contribution in [0.3, 0.4) is 0 Å². The topological polar surface area (TPSA) is 44.7 Å². The van der Waals surface area contributed by atoms with Gasteiger partial charge in [0.15, 0.2) is 6.17 Å². The Kier molecular flexibility index (Phi) is 3.96. The van der Waals surface area contributed by atoms with Crippen molar-refractivity contribution in [3.05, 3.63) is 64.7 Å². The van der Waals surface area contributed by atoms with Crippen LogP contribution in [-0.4, -0.2) is 31.9 Å². The smallest absolute Gasteiger partial charge is 0.266 e. The van der Waals surface area contributed by atoms with Crippen LogP contribution in [0.5, 0.6) is 0 Å². The molecule has 2 aromatic carbocycles. The summed E-state index contributed by atoms with van der Waals surface area (Å²) in [6.07, 6.45) is -0.619. The lowest BCUT2D eigenvalue weighted by Crippen LogP contribution is -2.41. The van der Waals surface area contributed by atoms with Crippen molar-refractivity contribution in [3.8, 4) is 0 Å². The molecule has 112 valence electrons. The molecule has 1 N–H and O–H groups in total. The largest absolute Gasteiger partial charge is 0.312 e. The fourth-order valence-electron chi connectivity index (χ4n) is 2.56. The minimum absolute atomic E-state index is 0.1000. The monoisotopic (exact) mass is 313 g/mol. The molecule has 1 unspecified atom stereocenters. The van der Waals surface area contributed by atoms with Gasteiger partial charge in [-0.3, -0.25) is 15.1 Å². The van der Waals surface area contributed by atoms with E-state index in [4.69, 9.17) is 11.6 Å². The van der Waals surface area contributed by atoms with E-state index in [0.717, 1.165) is 22.5 Å². The van der Waals surface area contributed by atoms with Gasteiger partial charge in [-0.1, -0.05) is 41.9 Å². The van der Waals surface area contributed by atoms with E-state index in [1.54, 1.807) is 25.1 Å². The summed E-state index contributed by atoms with van der Waals surface area (Å²) in [6.45, 7) is 0. The van der Waals surface area contributed by atoms with Gasteiger partial charge in [-0.25, -0.2) is 0 Å². The minimum atomic E-state index is -0.619. The Hall–Kier alpha value is -2.17. The molecule has 4 nitrogen and oxygen atoms in total. The molecule has 0 spiro atoms. The van der Waals surface area contributed by atoms with Gasteiger partial charge in [0.25, 0.3) is 5.91 Å². The molecule has 0 fully saturated rings. The van der Waals surface area contributed by atoms with E-state index in [-0.39, 0.29) is 5.91 Å². The second-order valence-electron chi connectivity index (χ2n) is 5.09. The highest BCUT2D eigenvalue weighted by atomic mass is 35.5. The number of amides is 1. The predicted octanol–water partition coefficient (Wildman–Crippen LogP) is 2.70. The number of halogens is 1. The van der Waals surface area contributed by atoms with Crippen LogP contribution in [0, 0.1) is 0 Å². The Morgan fingerprint density at radius 1 is 1.18 bits per heavy atom. The van der Waals surface area contributed by atoms with E-state index >= 15 is 0 Å². The maximum atomic E-state index is 12.5. The SMILES string of the molecule is CNC1N=C(c2ccccc2)c2cc(Cl)ccc2N(C)C1=O. The second kappa shape index (κ2) is 5.91. The third-order valence-electron chi connectivity index (χ3n) is 3.72. The number of carbonyl (C=O) groups is 1. The van der Waals surface area contributed by atoms with Gasteiger partial charge < -0.3 is 4.90 Å². The van der Waals surface area contributed by atoms with Gasteiger partial charge in [0.2, 0.25) is 0 Å². The minimum Gasteiger partial charge on any atom is -0.312 e. The molecule has 1 aliphatic rings. The number of anilines is 1. The van der Waals surface area contributed by atoms with Gasteiger partial charge in [-0.2, -0.15) is 0 Å². The highest BCUT2D eigenvalue weighted by Gasteiger charge is 2.28.